The Kier molecular flexibility index (Phi) is 5.79. The lowest BCUT2D eigenvalue weighted by atomic mass is 9.84. The number of hydrogen-bond acceptors (Lipinski definition) is 2. The lowest BCUT2D eigenvalue weighted by Crippen LogP contribution is -2.29. The zero-order valence-corrected chi connectivity index (χ0v) is 14.0. The smallest absolute Gasteiger partial charge is 0.0880 e. The van der Waals surface area contributed by atoms with E-state index in [2.05, 4.69) is 64.2 Å². The largest absolute Gasteiger partial charge is 0.385 e. The van der Waals surface area contributed by atoms with Crippen LogP contribution < -0.4 is 5.32 Å². The molecule has 2 N–H and O–H groups in total. The van der Waals surface area contributed by atoms with Crippen molar-refractivity contribution < 1.29 is 5.11 Å². The fourth-order valence-electron chi connectivity index (χ4n) is 2.20. The molecule has 0 aliphatic heterocycles. The van der Waals surface area contributed by atoms with Gasteiger partial charge in [0.05, 0.1) is 5.60 Å². The molecule has 0 radical (unpaired) electrons. The van der Waals surface area contributed by atoms with Gasteiger partial charge in [0.1, 0.15) is 0 Å². The van der Waals surface area contributed by atoms with Crippen molar-refractivity contribution in [2.24, 2.45) is 5.92 Å². The second kappa shape index (κ2) is 6.73. The van der Waals surface area contributed by atoms with Gasteiger partial charge in [0.25, 0.3) is 0 Å². The van der Waals surface area contributed by atoms with Gasteiger partial charge in [-0.05, 0) is 48.9 Å². The van der Waals surface area contributed by atoms with Gasteiger partial charge in [-0.2, -0.15) is 0 Å². The van der Waals surface area contributed by atoms with Gasteiger partial charge < -0.3 is 10.4 Å². The Labute approximate surface area is 124 Å². The first kappa shape index (κ1) is 17.2. The normalized spacial score (nSPS) is 15.4. The van der Waals surface area contributed by atoms with Crippen LogP contribution in [0.4, 0.5) is 0 Å². The van der Waals surface area contributed by atoms with Crippen molar-refractivity contribution >= 4 is 0 Å². The molecule has 1 unspecified atom stereocenters. The van der Waals surface area contributed by atoms with Crippen LogP contribution in [0.15, 0.2) is 24.3 Å². The molecule has 0 aliphatic carbocycles. The molecule has 0 aromatic heterocycles. The van der Waals surface area contributed by atoms with Gasteiger partial charge in [-0.15, -0.1) is 0 Å². The van der Waals surface area contributed by atoms with E-state index in [1.54, 1.807) is 0 Å². The van der Waals surface area contributed by atoms with Crippen molar-refractivity contribution in [1.82, 2.24) is 5.32 Å². The summed E-state index contributed by atoms with van der Waals surface area (Å²) in [6.07, 6.45) is 0.731. The Balaban J connectivity index is 2.63. The van der Waals surface area contributed by atoms with Crippen molar-refractivity contribution in [3.63, 3.8) is 0 Å². The van der Waals surface area contributed by atoms with Gasteiger partial charge >= 0.3 is 0 Å². The topological polar surface area (TPSA) is 32.3 Å². The van der Waals surface area contributed by atoms with Crippen molar-refractivity contribution in [2.75, 3.05) is 13.1 Å². The van der Waals surface area contributed by atoms with E-state index >= 15 is 0 Å². The number of hydrogen-bond donors (Lipinski definition) is 2. The molecule has 1 aromatic rings. The van der Waals surface area contributed by atoms with Gasteiger partial charge in [-0.1, -0.05) is 58.9 Å². The minimum atomic E-state index is -0.763. The summed E-state index contributed by atoms with van der Waals surface area (Å²) in [6.45, 7) is 14.7. The van der Waals surface area contributed by atoms with Gasteiger partial charge in [0, 0.05) is 0 Å². The summed E-state index contributed by atoms with van der Waals surface area (Å²) >= 11 is 0. The number of nitrogens with one attached hydrogen (secondary N) is 1. The predicted octanol–water partition coefficient (Wildman–Crippen LogP) is 3.83. The van der Waals surface area contributed by atoms with Crippen LogP contribution in [0, 0.1) is 5.92 Å². The zero-order chi connectivity index (χ0) is 15.4. The molecular formula is C18H31NO. The fourth-order valence-corrected chi connectivity index (χ4v) is 2.20. The second-order valence-corrected chi connectivity index (χ2v) is 7.45. The van der Waals surface area contributed by atoms with Gasteiger partial charge in [-0.25, -0.2) is 0 Å². The highest BCUT2D eigenvalue weighted by Gasteiger charge is 2.23. The van der Waals surface area contributed by atoms with Gasteiger partial charge in [0.2, 0.25) is 0 Å². The van der Waals surface area contributed by atoms with Crippen molar-refractivity contribution in [1.29, 1.82) is 0 Å². The van der Waals surface area contributed by atoms with E-state index in [4.69, 9.17) is 0 Å². The highest BCUT2D eigenvalue weighted by atomic mass is 16.3. The maximum Gasteiger partial charge on any atom is 0.0880 e. The third kappa shape index (κ3) is 5.26. The maximum absolute atomic E-state index is 10.6. The molecule has 0 saturated carbocycles. The van der Waals surface area contributed by atoms with Crippen LogP contribution in [-0.4, -0.2) is 18.2 Å². The highest BCUT2D eigenvalue weighted by molar-refractivity contribution is 5.30. The first-order chi connectivity index (χ1) is 9.13. The van der Waals surface area contributed by atoms with E-state index in [9.17, 15) is 5.11 Å². The highest BCUT2D eigenvalue weighted by Crippen LogP contribution is 2.28. The summed E-state index contributed by atoms with van der Waals surface area (Å²) in [7, 11) is 0. The van der Waals surface area contributed by atoms with Crippen molar-refractivity contribution in [2.45, 2.75) is 59.0 Å². The molecule has 0 saturated heterocycles. The van der Waals surface area contributed by atoms with Crippen LogP contribution in [0.2, 0.25) is 0 Å². The summed E-state index contributed by atoms with van der Waals surface area (Å²) in [5.74, 6) is 0.644. The third-order valence-corrected chi connectivity index (χ3v) is 3.71. The first-order valence-electron chi connectivity index (χ1n) is 7.67. The Morgan fingerprint density at radius 1 is 1.00 bits per heavy atom. The van der Waals surface area contributed by atoms with E-state index in [-0.39, 0.29) is 5.41 Å². The number of aliphatic hydroxyl groups is 1. The average molecular weight is 277 g/mol. The molecule has 0 heterocycles. The molecule has 0 fully saturated rings. The Hall–Kier alpha value is -0.860. The molecule has 0 amide bonds. The monoisotopic (exact) mass is 277 g/mol. The lowest BCUT2D eigenvalue weighted by molar-refractivity contribution is 0.0478. The third-order valence-electron chi connectivity index (χ3n) is 3.71. The van der Waals surface area contributed by atoms with Crippen LogP contribution in [0.1, 0.15) is 59.1 Å². The van der Waals surface area contributed by atoms with E-state index in [0.717, 1.165) is 25.1 Å². The van der Waals surface area contributed by atoms with Gasteiger partial charge in [-0.3, -0.25) is 0 Å². The van der Waals surface area contributed by atoms with E-state index in [0.29, 0.717) is 5.92 Å². The SMILES string of the molecule is CC(C)CNCCC(C)(O)c1ccc(C(C)(C)C)cc1. The minimum absolute atomic E-state index is 0.156. The summed E-state index contributed by atoms with van der Waals surface area (Å²) < 4.78 is 0. The molecular weight excluding hydrogens is 246 g/mol. The Bertz CT molecular complexity index is 398. The van der Waals surface area contributed by atoms with Crippen LogP contribution in [0.25, 0.3) is 0 Å². The molecule has 2 heteroatoms. The Morgan fingerprint density at radius 3 is 1.95 bits per heavy atom. The van der Waals surface area contributed by atoms with Crippen LogP contribution in [-0.2, 0) is 11.0 Å². The lowest BCUT2D eigenvalue weighted by Gasteiger charge is -2.26. The number of rotatable bonds is 6. The van der Waals surface area contributed by atoms with Crippen LogP contribution in [0.5, 0.6) is 0 Å². The van der Waals surface area contributed by atoms with E-state index in [1.807, 2.05) is 6.92 Å². The summed E-state index contributed by atoms with van der Waals surface area (Å²) in [6, 6.07) is 8.38. The zero-order valence-electron chi connectivity index (χ0n) is 14.0. The van der Waals surface area contributed by atoms with Crippen LogP contribution >= 0.6 is 0 Å². The Morgan fingerprint density at radius 2 is 1.50 bits per heavy atom. The van der Waals surface area contributed by atoms with E-state index in [1.165, 1.54) is 5.56 Å². The van der Waals surface area contributed by atoms with Gasteiger partial charge in [0.15, 0.2) is 0 Å². The first-order valence-corrected chi connectivity index (χ1v) is 7.67. The van der Waals surface area contributed by atoms with Crippen molar-refractivity contribution in [3.05, 3.63) is 35.4 Å². The second-order valence-electron chi connectivity index (χ2n) is 7.45. The minimum Gasteiger partial charge on any atom is -0.385 e. The maximum atomic E-state index is 10.6. The summed E-state index contributed by atoms with van der Waals surface area (Å²) in [4.78, 5) is 0. The van der Waals surface area contributed by atoms with Crippen molar-refractivity contribution in [3.8, 4) is 0 Å². The summed E-state index contributed by atoms with van der Waals surface area (Å²) in [5, 5.41) is 14.0. The molecule has 0 bridgehead atoms. The molecule has 20 heavy (non-hydrogen) atoms. The number of benzene rings is 1. The molecule has 2 nitrogen and oxygen atoms in total. The average Bonchev–Trinajstić information content (AvgIpc) is 2.34. The molecule has 114 valence electrons. The standard InChI is InChI=1S/C18H31NO/c1-14(2)13-19-12-11-18(6,20)16-9-7-15(8-10-16)17(3,4)5/h7-10,14,19-20H,11-13H2,1-6H3. The fraction of sp³-hybridized carbons (Fsp3) is 0.667. The quantitative estimate of drug-likeness (QED) is 0.775. The van der Waals surface area contributed by atoms with E-state index < -0.39 is 5.60 Å². The molecule has 0 aliphatic rings. The molecule has 0 spiro atoms. The predicted molar refractivity (Wildman–Crippen MR) is 87.0 cm³/mol. The molecule has 1 atom stereocenters. The summed E-state index contributed by atoms with van der Waals surface area (Å²) in [5.41, 5.74) is 1.69. The molecule has 1 aromatic carbocycles. The molecule has 1 rings (SSSR count). The van der Waals surface area contributed by atoms with Crippen LogP contribution in [0.3, 0.4) is 0 Å².